The fourth-order valence-corrected chi connectivity index (χ4v) is 1.35. The normalized spacial score (nSPS) is 18.2. The molecule has 0 N–H and O–H groups in total. The summed E-state index contributed by atoms with van der Waals surface area (Å²) in [6, 6.07) is 0. The lowest BCUT2D eigenvalue weighted by Crippen LogP contribution is -2.08. The Morgan fingerprint density at radius 2 is 1.00 bits per heavy atom. The number of ketones is 4. The number of rotatable bonds is 0. The van der Waals surface area contributed by atoms with Gasteiger partial charge < -0.3 is 0 Å². The van der Waals surface area contributed by atoms with Gasteiger partial charge in [-0.15, -0.1) is 0 Å². The molecular weight excluding hydrogens is 232 g/mol. The standard InChI is InChI=1S/C14H6O4/c15-11-3-5-13(17)9(7-11)1-2-10-8-12(16)4-6-14(10)18/h3-8H. The largest absolute Gasteiger partial charge is 0.290 e. The van der Waals surface area contributed by atoms with Gasteiger partial charge in [-0.05, 0) is 24.3 Å². The molecule has 2 aliphatic rings. The van der Waals surface area contributed by atoms with Crippen molar-refractivity contribution in [1.29, 1.82) is 0 Å². The highest BCUT2D eigenvalue weighted by Crippen LogP contribution is 2.07. The summed E-state index contributed by atoms with van der Waals surface area (Å²) in [7, 11) is 0. The quantitative estimate of drug-likeness (QED) is 0.448. The fourth-order valence-electron chi connectivity index (χ4n) is 1.35. The lowest BCUT2D eigenvalue weighted by atomic mass is 10.0. The zero-order valence-corrected chi connectivity index (χ0v) is 9.10. The molecule has 0 saturated heterocycles. The van der Waals surface area contributed by atoms with E-state index in [2.05, 4.69) is 11.8 Å². The third-order valence-corrected chi connectivity index (χ3v) is 2.23. The molecule has 18 heavy (non-hydrogen) atoms. The summed E-state index contributed by atoms with van der Waals surface area (Å²) in [4.78, 5) is 44.8. The SMILES string of the molecule is O=C1C=CC(=O)C(C#CC2=CC(=O)C=CC2=O)=C1. The highest BCUT2D eigenvalue weighted by atomic mass is 16.1. The Balaban J connectivity index is 2.28. The van der Waals surface area contributed by atoms with Crippen molar-refractivity contribution in [3.8, 4) is 11.8 Å². The predicted octanol–water partition coefficient (Wildman–Crippen LogP) is 0.259. The first kappa shape index (κ1) is 11.7. The molecule has 0 aromatic rings. The Bertz CT molecular complexity index is 602. The van der Waals surface area contributed by atoms with Gasteiger partial charge in [0.2, 0.25) is 0 Å². The molecule has 0 unspecified atom stereocenters. The van der Waals surface area contributed by atoms with E-state index in [4.69, 9.17) is 0 Å². The monoisotopic (exact) mass is 238 g/mol. The molecule has 0 saturated carbocycles. The van der Waals surface area contributed by atoms with Crippen LogP contribution in [-0.4, -0.2) is 23.1 Å². The number of carbonyl (C=O) groups is 4. The summed E-state index contributed by atoms with van der Waals surface area (Å²) in [5.74, 6) is 3.41. The zero-order chi connectivity index (χ0) is 13.1. The first-order valence-corrected chi connectivity index (χ1v) is 5.04. The molecule has 0 aromatic heterocycles. The van der Waals surface area contributed by atoms with Crippen LogP contribution in [0.5, 0.6) is 0 Å². The third-order valence-electron chi connectivity index (χ3n) is 2.23. The Labute approximate surface area is 102 Å². The number of carbonyl (C=O) groups excluding carboxylic acids is 4. The average molecular weight is 238 g/mol. The molecule has 0 aromatic carbocycles. The highest BCUT2D eigenvalue weighted by molar-refractivity contribution is 6.21. The molecule has 0 atom stereocenters. The van der Waals surface area contributed by atoms with Crippen LogP contribution in [0.2, 0.25) is 0 Å². The molecule has 86 valence electrons. The average Bonchev–Trinajstić information content (AvgIpc) is 2.34. The minimum atomic E-state index is -0.396. The van der Waals surface area contributed by atoms with Gasteiger partial charge in [-0.3, -0.25) is 19.2 Å². The summed E-state index contributed by atoms with van der Waals surface area (Å²) < 4.78 is 0. The zero-order valence-electron chi connectivity index (χ0n) is 9.10. The number of hydrogen-bond donors (Lipinski definition) is 0. The molecule has 0 fully saturated rings. The molecule has 2 aliphatic carbocycles. The van der Waals surface area contributed by atoms with Crippen molar-refractivity contribution >= 4 is 23.1 Å². The molecule has 4 heteroatoms. The van der Waals surface area contributed by atoms with Crippen molar-refractivity contribution in [3.05, 3.63) is 47.6 Å². The van der Waals surface area contributed by atoms with Gasteiger partial charge in [0.1, 0.15) is 0 Å². The fraction of sp³-hybridized carbons (Fsp3) is 0. The van der Waals surface area contributed by atoms with Crippen LogP contribution in [0.1, 0.15) is 0 Å². The first-order chi connectivity index (χ1) is 8.56. The maximum atomic E-state index is 11.4. The Kier molecular flexibility index (Phi) is 2.98. The van der Waals surface area contributed by atoms with Crippen LogP contribution in [0.4, 0.5) is 0 Å². The lowest BCUT2D eigenvalue weighted by Gasteiger charge is -2.00. The van der Waals surface area contributed by atoms with Crippen LogP contribution in [0.3, 0.4) is 0 Å². The van der Waals surface area contributed by atoms with Crippen LogP contribution in [0.25, 0.3) is 0 Å². The summed E-state index contributed by atoms with van der Waals surface area (Å²) in [5, 5.41) is 0. The predicted molar refractivity (Wildman–Crippen MR) is 62.2 cm³/mol. The van der Waals surface area contributed by atoms with E-state index in [-0.39, 0.29) is 22.7 Å². The first-order valence-electron chi connectivity index (χ1n) is 5.04. The molecular formula is C14H6O4. The van der Waals surface area contributed by atoms with E-state index in [1.807, 2.05) is 0 Å². The van der Waals surface area contributed by atoms with Gasteiger partial charge in [-0.1, -0.05) is 11.8 Å². The van der Waals surface area contributed by atoms with E-state index >= 15 is 0 Å². The van der Waals surface area contributed by atoms with Crippen molar-refractivity contribution in [2.45, 2.75) is 0 Å². The molecule has 2 rings (SSSR count). The molecule has 0 radical (unpaired) electrons. The second-order valence-electron chi connectivity index (χ2n) is 3.57. The van der Waals surface area contributed by atoms with E-state index in [1.54, 1.807) is 0 Å². The van der Waals surface area contributed by atoms with E-state index in [9.17, 15) is 19.2 Å². The molecule has 4 nitrogen and oxygen atoms in total. The summed E-state index contributed by atoms with van der Waals surface area (Å²) in [6.07, 6.45) is 6.72. The van der Waals surface area contributed by atoms with Crippen LogP contribution >= 0.6 is 0 Å². The van der Waals surface area contributed by atoms with Gasteiger partial charge in [0.05, 0.1) is 11.1 Å². The molecule has 0 bridgehead atoms. The van der Waals surface area contributed by atoms with Crippen molar-refractivity contribution in [2.75, 3.05) is 0 Å². The highest BCUT2D eigenvalue weighted by Gasteiger charge is 2.13. The van der Waals surface area contributed by atoms with Gasteiger partial charge in [-0.25, -0.2) is 0 Å². The van der Waals surface area contributed by atoms with Gasteiger partial charge in [0, 0.05) is 12.2 Å². The lowest BCUT2D eigenvalue weighted by molar-refractivity contribution is -0.114. The minimum Gasteiger partial charge on any atom is -0.290 e. The Morgan fingerprint density at radius 1 is 0.611 bits per heavy atom. The summed E-state index contributed by atoms with van der Waals surface area (Å²) in [6.45, 7) is 0. The second kappa shape index (κ2) is 4.60. The van der Waals surface area contributed by atoms with Crippen LogP contribution in [0, 0.1) is 11.8 Å². The van der Waals surface area contributed by atoms with E-state index in [0.29, 0.717) is 0 Å². The van der Waals surface area contributed by atoms with E-state index in [0.717, 1.165) is 36.5 Å². The van der Waals surface area contributed by atoms with E-state index in [1.165, 1.54) is 0 Å². The Hall–Kier alpha value is -2.80. The third kappa shape index (κ3) is 2.47. The van der Waals surface area contributed by atoms with E-state index < -0.39 is 11.6 Å². The molecule has 0 spiro atoms. The maximum absolute atomic E-state index is 11.4. The van der Waals surface area contributed by atoms with Crippen molar-refractivity contribution in [2.24, 2.45) is 0 Å². The van der Waals surface area contributed by atoms with Crippen molar-refractivity contribution < 1.29 is 19.2 Å². The van der Waals surface area contributed by atoms with Crippen molar-refractivity contribution in [3.63, 3.8) is 0 Å². The summed E-state index contributed by atoms with van der Waals surface area (Å²) in [5.41, 5.74) is 0.0244. The molecule has 0 aliphatic heterocycles. The van der Waals surface area contributed by atoms with Crippen LogP contribution in [0.15, 0.2) is 47.6 Å². The maximum Gasteiger partial charge on any atom is 0.194 e. The second-order valence-corrected chi connectivity index (χ2v) is 3.57. The van der Waals surface area contributed by atoms with Crippen LogP contribution < -0.4 is 0 Å². The molecule has 0 heterocycles. The van der Waals surface area contributed by atoms with Gasteiger partial charge in [0.15, 0.2) is 23.1 Å². The number of hydrogen-bond acceptors (Lipinski definition) is 4. The Morgan fingerprint density at radius 3 is 1.39 bits per heavy atom. The van der Waals surface area contributed by atoms with Gasteiger partial charge in [-0.2, -0.15) is 0 Å². The van der Waals surface area contributed by atoms with Gasteiger partial charge in [0.25, 0.3) is 0 Å². The number of allylic oxidation sites excluding steroid dienone is 8. The van der Waals surface area contributed by atoms with Crippen LogP contribution in [-0.2, 0) is 19.2 Å². The smallest absolute Gasteiger partial charge is 0.194 e. The summed E-state index contributed by atoms with van der Waals surface area (Å²) >= 11 is 0. The van der Waals surface area contributed by atoms with Crippen molar-refractivity contribution in [1.82, 2.24) is 0 Å². The van der Waals surface area contributed by atoms with Gasteiger partial charge >= 0.3 is 0 Å². The molecule has 0 amide bonds. The minimum absolute atomic E-state index is 0.0122. The topological polar surface area (TPSA) is 68.3 Å².